The van der Waals surface area contributed by atoms with E-state index in [-0.39, 0.29) is 0 Å². The van der Waals surface area contributed by atoms with E-state index in [1.54, 1.807) is 0 Å². The fraction of sp³-hybridized carbons (Fsp3) is 0.467. The van der Waals surface area contributed by atoms with Gasteiger partial charge in [-0.2, -0.15) is 0 Å². The highest BCUT2D eigenvalue weighted by atomic mass is 28.3. The Morgan fingerprint density at radius 3 is 2.44 bits per heavy atom. The normalized spacial score (nSPS) is 12.1. The van der Waals surface area contributed by atoms with E-state index in [9.17, 15) is 0 Å². The molecule has 18 heavy (non-hydrogen) atoms. The quantitative estimate of drug-likeness (QED) is 0.498. The highest BCUT2D eigenvalue weighted by Gasteiger charge is 2.12. The molecule has 0 aromatic heterocycles. The summed E-state index contributed by atoms with van der Waals surface area (Å²) in [6, 6.07) is 10.5. The summed E-state index contributed by atoms with van der Waals surface area (Å²) in [5.74, 6) is 0.988. The van der Waals surface area contributed by atoms with Gasteiger partial charge in [0.05, 0.1) is 0 Å². The van der Waals surface area contributed by atoms with Crippen LogP contribution in [0.1, 0.15) is 25.8 Å². The summed E-state index contributed by atoms with van der Waals surface area (Å²) >= 11 is 0. The third-order valence-corrected chi connectivity index (χ3v) is 5.52. The first-order valence-corrected chi connectivity index (χ1v) is 8.87. The summed E-state index contributed by atoms with van der Waals surface area (Å²) in [5, 5.41) is 0. The van der Waals surface area contributed by atoms with Crippen LogP contribution in [-0.2, 0) is 4.74 Å². The Kier molecular flexibility index (Phi) is 7.45. The molecule has 1 rings (SSSR count). The molecule has 1 atom stereocenters. The SMILES string of the molecule is C=Cc1ccc(O[SiH](CCC)CCOCC)cc1. The molecule has 0 aliphatic heterocycles. The second kappa shape index (κ2) is 8.95. The standard InChI is InChI=1S/C15H24O2Si/c1-4-12-18(13-11-16-6-3)17-15-9-7-14(5-2)8-10-15/h5,7-10,18H,2,4,6,11-13H2,1,3H3. The number of hydrogen-bond donors (Lipinski definition) is 0. The summed E-state index contributed by atoms with van der Waals surface area (Å²) in [6.07, 6.45) is 3.04. The van der Waals surface area contributed by atoms with Crippen molar-refractivity contribution < 1.29 is 9.16 Å². The molecule has 1 aromatic carbocycles. The maximum Gasteiger partial charge on any atom is 0.237 e. The fourth-order valence-corrected chi connectivity index (χ4v) is 3.96. The summed E-state index contributed by atoms with van der Waals surface area (Å²) in [5.41, 5.74) is 1.13. The predicted octanol–water partition coefficient (Wildman–Crippen LogP) is 3.88. The van der Waals surface area contributed by atoms with Gasteiger partial charge in [-0.15, -0.1) is 0 Å². The molecule has 1 unspecified atom stereocenters. The molecule has 0 N–H and O–H groups in total. The molecule has 2 nitrogen and oxygen atoms in total. The lowest BCUT2D eigenvalue weighted by atomic mass is 10.2. The minimum absolute atomic E-state index is 0.793. The Hall–Kier alpha value is -1.06. The van der Waals surface area contributed by atoms with Crippen LogP contribution in [0.3, 0.4) is 0 Å². The highest BCUT2D eigenvalue weighted by molar-refractivity contribution is 6.52. The molecule has 0 amide bonds. The van der Waals surface area contributed by atoms with Gasteiger partial charge < -0.3 is 9.16 Å². The highest BCUT2D eigenvalue weighted by Crippen LogP contribution is 2.16. The van der Waals surface area contributed by atoms with Crippen molar-refractivity contribution in [2.24, 2.45) is 0 Å². The molecule has 100 valence electrons. The van der Waals surface area contributed by atoms with Crippen LogP contribution >= 0.6 is 0 Å². The van der Waals surface area contributed by atoms with Crippen molar-refractivity contribution in [2.75, 3.05) is 13.2 Å². The molecule has 0 saturated heterocycles. The van der Waals surface area contributed by atoms with Gasteiger partial charge in [0.15, 0.2) is 0 Å². The topological polar surface area (TPSA) is 18.5 Å². The van der Waals surface area contributed by atoms with Gasteiger partial charge in [0.25, 0.3) is 0 Å². The third-order valence-electron chi connectivity index (χ3n) is 2.82. The number of ether oxygens (including phenoxy) is 1. The first kappa shape index (κ1) is 15.0. The van der Waals surface area contributed by atoms with E-state index in [4.69, 9.17) is 9.16 Å². The summed E-state index contributed by atoms with van der Waals surface area (Å²) in [4.78, 5) is 0. The van der Waals surface area contributed by atoms with E-state index >= 15 is 0 Å². The molecular formula is C15H24O2Si. The van der Waals surface area contributed by atoms with Crippen molar-refractivity contribution >= 4 is 15.1 Å². The first-order valence-electron chi connectivity index (χ1n) is 6.77. The van der Waals surface area contributed by atoms with Crippen molar-refractivity contribution in [1.82, 2.24) is 0 Å². The van der Waals surface area contributed by atoms with E-state index in [0.29, 0.717) is 0 Å². The lowest BCUT2D eigenvalue weighted by molar-refractivity contribution is 0.160. The van der Waals surface area contributed by atoms with Gasteiger partial charge in [0.2, 0.25) is 9.04 Å². The molecule has 0 spiro atoms. The molecule has 0 aliphatic carbocycles. The number of benzene rings is 1. The maximum atomic E-state index is 6.13. The molecular weight excluding hydrogens is 240 g/mol. The van der Waals surface area contributed by atoms with Crippen LogP contribution in [0.5, 0.6) is 5.75 Å². The lowest BCUT2D eigenvalue weighted by Gasteiger charge is -2.17. The average Bonchev–Trinajstić information content (AvgIpc) is 2.40. The van der Waals surface area contributed by atoms with Crippen molar-refractivity contribution in [3.8, 4) is 5.75 Å². The molecule has 0 aliphatic rings. The first-order chi connectivity index (χ1) is 8.80. The minimum atomic E-state index is -1.17. The molecule has 0 heterocycles. The van der Waals surface area contributed by atoms with Gasteiger partial charge >= 0.3 is 0 Å². The van der Waals surface area contributed by atoms with Crippen molar-refractivity contribution in [2.45, 2.75) is 32.4 Å². The fourth-order valence-electron chi connectivity index (χ4n) is 1.82. The summed E-state index contributed by atoms with van der Waals surface area (Å²) < 4.78 is 11.6. The Bertz CT molecular complexity index is 335. The molecule has 0 bridgehead atoms. The molecule has 0 radical (unpaired) electrons. The van der Waals surface area contributed by atoms with Crippen LogP contribution < -0.4 is 4.43 Å². The Balaban J connectivity index is 2.49. The third kappa shape index (κ3) is 5.51. The van der Waals surface area contributed by atoms with Gasteiger partial charge in [-0.3, -0.25) is 0 Å². The number of hydrogen-bond acceptors (Lipinski definition) is 2. The summed E-state index contributed by atoms with van der Waals surface area (Å²) in [7, 11) is -1.17. The van der Waals surface area contributed by atoms with Gasteiger partial charge in [-0.1, -0.05) is 38.1 Å². The van der Waals surface area contributed by atoms with Gasteiger partial charge in [0, 0.05) is 13.2 Å². The number of rotatable bonds is 9. The van der Waals surface area contributed by atoms with Crippen LogP contribution in [-0.4, -0.2) is 22.3 Å². The average molecular weight is 264 g/mol. The van der Waals surface area contributed by atoms with Crippen molar-refractivity contribution in [3.63, 3.8) is 0 Å². The molecule has 0 saturated carbocycles. The van der Waals surface area contributed by atoms with Crippen LogP contribution in [0.15, 0.2) is 30.8 Å². The monoisotopic (exact) mass is 264 g/mol. The minimum Gasteiger partial charge on any atom is -0.546 e. The second-order valence-electron chi connectivity index (χ2n) is 4.29. The Labute approximate surface area is 112 Å². The van der Waals surface area contributed by atoms with Gasteiger partial charge in [-0.05, 0) is 36.7 Å². The smallest absolute Gasteiger partial charge is 0.237 e. The van der Waals surface area contributed by atoms with Crippen molar-refractivity contribution in [1.29, 1.82) is 0 Å². The maximum absolute atomic E-state index is 6.13. The zero-order valence-corrected chi connectivity index (χ0v) is 12.7. The molecule has 1 aromatic rings. The van der Waals surface area contributed by atoms with E-state index in [1.807, 2.05) is 37.3 Å². The van der Waals surface area contributed by atoms with E-state index in [2.05, 4.69) is 13.5 Å². The van der Waals surface area contributed by atoms with Crippen molar-refractivity contribution in [3.05, 3.63) is 36.4 Å². The lowest BCUT2D eigenvalue weighted by Crippen LogP contribution is -2.23. The molecule has 3 heteroatoms. The van der Waals surface area contributed by atoms with Crippen LogP contribution in [0.4, 0.5) is 0 Å². The van der Waals surface area contributed by atoms with Crippen LogP contribution in [0.2, 0.25) is 12.1 Å². The Morgan fingerprint density at radius 2 is 1.89 bits per heavy atom. The zero-order chi connectivity index (χ0) is 13.2. The van der Waals surface area contributed by atoms with E-state index in [0.717, 1.165) is 30.6 Å². The predicted molar refractivity (Wildman–Crippen MR) is 80.7 cm³/mol. The second-order valence-corrected chi connectivity index (χ2v) is 6.92. The van der Waals surface area contributed by atoms with Gasteiger partial charge in [-0.25, -0.2) is 0 Å². The molecule has 0 fully saturated rings. The summed E-state index contributed by atoms with van der Waals surface area (Å²) in [6.45, 7) is 9.62. The zero-order valence-electron chi connectivity index (χ0n) is 11.5. The van der Waals surface area contributed by atoms with E-state index < -0.39 is 9.04 Å². The Morgan fingerprint density at radius 1 is 1.17 bits per heavy atom. The van der Waals surface area contributed by atoms with Gasteiger partial charge in [0.1, 0.15) is 5.75 Å². The van der Waals surface area contributed by atoms with Crippen LogP contribution in [0.25, 0.3) is 6.08 Å². The van der Waals surface area contributed by atoms with Crippen LogP contribution in [0, 0.1) is 0 Å². The van der Waals surface area contributed by atoms with E-state index in [1.165, 1.54) is 12.5 Å². The largest absolute Gasteiger partial charge is 0.546 e.